The third-order valence-electron chi connectivity index (χ3n) is 3.61. The van der Waals surface area contributed by atoms with Gasteiger partial charge in [-0.2, -0.15) is 0 Å². The lowest BCUT2D eigenvalue weighted by Crippen LogP contribution is -2.26. The number of nitrogens with zero attached hydrogens (tertiary/aromatic N) is 1. The second-order valence-corrected chi connectivity index (χ2v) is 5.71. The fraction of sp³-hybridized carbons (Fsp3) is 0.357. The van der Waals surface area contributed by atoms with Crippen molar-refractivity contribution < 1.29 is 0 Å². The van der Waals surface area contributed by atoms with E-state index in [9.17, 15) is 4.79 Å². The van der Waals surface area contributed by atoms with Gasteiger partial charge in [-0.1, -0.05) is 18.9 Å². The first-order valence-electron chi connectivity index (χ1n) is 6.32. The van der Waals surface area contributed by atoms with Gasteiger partial charge in [0, 0.05) is 6.04 Å². The standard InChI is InChI=1S/C14H16N2OS/c15-11-7-8-12(13-6-3-9-18-13)16(14(11)17)10-4-1-2-5-10/h3,6-10H,1-2,4-5,15H2. The zero-order valence-corrected chi connectivity index (χ0v) is 11.0. The van der Waals surface area contributed by atoms with Gasteiger partial charge in [0.05, 0.1) is 16.3 Å². The quantitative estimate of drug-likeness (QED) is 0.900. The molecule has 1 fully saturated rings. The molecule has 1 aliphatic carbocycles. The number of nitrogen functional groups attached to an aromatic ring is 1. The topological polar surface area (TPSA) is 48.0 Å². The second-order valence-electron chi connectivity index (χ2n) is 4.76. The minimum Gasteiger partial charge on any atom is -0.394 e. The normalized spacial score (nSPS) is 16.2. The monoisotopic (exact) mass is 260 g/mol. The molecule has 0 spiro atoms. The Morgan fingerprint density at radius 3 is 2.67 bits per heavy atom. The predicted molar refractivity (Wildman–Crippen MR) is 75.9 cm³/mol. The lowest BCUT2D eigenvalue weighted by atomic mass is 10.2. The van der Waals surface area contributed by atoms with E-state index in [2.05, 4.69) is 6.07 Å². The Labute approximate surface area is 110 Å². The molecule has 1 aliphatic rings. The largest absolute Gasteiger partial charge is 0.394 e. The van der Waals surface area contributed by atoms with Crippen molar-refractivity contribution in [1.82, 2.24) is 4.57 Å². The highest BCUT2D eigenvalue weighted by molar-refractivity contribution is 7.13. The molecule has 0 aromatic carbocycles. The molecule has 18 heavy (non-hydrogen) atoms. The summed E-state index contributed by atoms with van der Waals surface area (Å²) in [6, 6.07) is 8.09. The van der Waals surface area contributed by atoms with Gasteiger partial charge in [-0.15, -0.1) is 11.3 Å². The van der Waals surface area contributed by atoms with Crippen molar-refractivity contribution in [3.63, 3.8) is 0 Å². The highest BCUT2D eigenvalue weighted by Crippen LogP contribution is 2.33. The van der Waals surface area contributed by atoms with Crippen LogP contribution in [-0.2, 0) is 0 Å². The van der Waals surface area contributed by atoms with E-state index in [-0.39, 0.29) is 5.56 Å². The second kappa shape index (κ2) is 4.61. The summed E-state index contributed by atoms with van der Waals surface area (Å²) in [4.78, 5) is 13.5. The molecule has 94 valence electrons. The summed E-state index contributed by atoms with van der Waals surface area (Å²) in [6.45, 7) is 0. The van der Waals surface area contributed by atoms with Gasteiger partial charge >= 0.3 is 0 Å². The average Bonchev–Trinajstić information content (AvgIpc) is 3.03. The Kier molecular flexibility index (Phi) is 2.96. The Morgan fingerprint density at radius 2 is 2.00 bits per heavy atom. The third-order valence-corrected chi connectivity index (χ3v) is 4.50. The van der Waals surface area contributed by atoms with Crippen molar-refractivity contribution in [3.05, 3.63) is 40.0 Å². The SMILES string of the molecule is Nc1ccc(-c2cccs2)n(C2CCCC2)c1=O. The zero-order valence-electron chi connectivity index (χ0n) is 10.1. The van der Waals surface area contributed by atoms with Crippen LogP contribution < -0.4 is 11.3 Å². The summed E-state index contributed by atoms with van der Waals surface area (Å²) in [5.41, 5.74) is 7.11. The number of anilines is 1. The summed E-state index contributed by atoms with van der Waals surface area (Å²) in [6.07, 6.45) is 4.58. The maximum atomic E-state index is 12.3. The van der Waals surface area contributed by atoms with E-state index in [1.165, 1.54) is 12.8 Å². The zero-order chi connectivity index (χ0) is 12.5. The fourth-order valence-electron chi connectivity index (χ4n) is 2.72. The average molecular weight is 260 g/mol. The number of nitrogens with two attached hydrogens (primary N) is 1. The number of hydrogen-bond donors (Lipinski definition) is 1. The summed E-state index contributed by atoms with van der Waals surface area (Å²) in [5, 5.41) is 2.04. The van der Waals surface area contributed by atoms with Crippen molar-refractivity contribution in [2.45, 2.75) is 31.7 Å². The third kappa shape index (κ3) is 1.86. The van der Waals surface area contributed by atoms with Gasteiger partial charge in [-0.05, 0) is 36.4 Å². The molecule has 0 aliphatic heterocycles. The molecular formula is C14H16N2OS. The molecule has 0 unspecified atom stereocenters. The van der Waals surface area contributed by atoms with Crippen LogP contribution in [-0.4, -0.2) is 4.57 Å². The van der Waals surface area contributed by atoms with Crippen molar-refractivity contribution in [1.29, 1.82) is 0 Å². The maximum Gasteiger partial charge on any atom is 0.274 e. The first-order chi connectivity index (χ1) is 8.77. The molecule has 2 heterocycles. The molecule has 0 bridgehead atoms. The Bertz CT molecular complexity index is 595. The van der Waals surface area contributed by atoms with E-state index < -0.39 is 0 Å². The van der Waals surface area contributed by atoms with E-state index in [0.29, 0.717) is 11.7 Å². The Morgan fingerprint density at radius 1 is 1.22 bits per heavy atom. The van der Waals surface area contributed by atoms with Gasteiger partial charge in [-0.3, -0.25) is 4.79 Å². The van der Waals surface area contributed by atoms with Gasteiger partial charge in [0.2, 0.25) is 0 Å². The molecular weight excluding hydrogens is 244 g/mol. The minimum atomic E-state index is -0.0344. The first kappa shape index (κ1) is 11.5. The maximum absolute atomic E-state index is 12.3. The Balaban J connectivity index is 2.19. The lowest BCUT2D eigenvalue weighted by Gasteiger charge is -2.18. The van der Waals surface area contributed by atoms with Crippen LogP contribution in [0, 0.1) is 0 Å². The molecule has 2 N–H and O–H groups in total. The van der Waals surface area contributed by atoms with E-state index >= 15 is 0 Å². The number of hydrogen-bond acceptors (Lipinski definition) is 3. The van der Waals surface area contributed by atoms with E-state index in [1.54, 1.807) is 17.4 Å². The van der Waals surface area contributed by atoms with Gasteiger partial charge in [0.1, 0.15) is 0 Å². The predicted octanol–water partition coefficient (Wildman–Crippen LogP) is 3.27. The molecule has 3 rings (SSSR count). The molecule has 3 nitrogen and oxygen atoms in total. The van der Waals surface area contributed by atoms with E-state index in [4.69, 9.17) is 5.73 Å². The highest BCUT2D eigenvalue weighted by Gasteiger charge is 2.22. The van der Waals surface area contributed by atoms with E-state index in [0.717, 1.165) is 23.4 Å². The summed E-state index contributed by atoms with van der Waals surface area (Å²) in [5.74, 6) is 0. The minimum absolute atomic E-state index is 0.0344. The Hall–Kier alpha value is -1.55. The smallest absolute Gasteiger partial charge is 0.274 e. The highest BCUT2D eigenvalue weighted by atomic mass is 32.1. The van der Waals surface area contributed by atoms with E-state index in [1.807, 2.05) is 22.1 Å². The van der Waals surface area contributed by atoms with Crippen LogP contribution in [0.15, 0.2) is 34.4 Å². The van der Waals surface area contributed by atoms with Crippen molar-refractivity contribution in [2.24, 2.45) is 0 Å². The molecule has 2 aromatic heterocycles. The van der Waals surface area contributed by atoms with Gasteiger partial charge in [0.25, 0.3) is 5.56 Å². The van der Waals surface area contributed by atoms with Gasteiger partial charge in [-0.25, -0.2) is 0 Å². The summed E-state index contributed by atoms with van der Waals surface area (Å²) >= 11 is 1.66. The lowest BCUT2D eigenvalue weighted by molar-refractivity contribution is 0.509. The first-order valence-corrected chi connectivity index (χ1v) is 7.20. The molecule has 2 aromatic rings. The number of aromatic nitrogens is 1. The molecule has 4 heteroatoms. The van der Waals surface area contributed by atoms with Crippen LogP contribution in [0.25, 0.3) is 10.6 Å². The van der Waals surface area contributed by atoms with Crippen LogP contribution in [0.2, 0.25) is 0 Å². The summed E-state index contributed by atoms with van der Waals surface area (Å²) in [7, 11) is 0. The molecule has 1 saturated carbocycles. The number of pyridine rings is 1. The summed E-state index contributed by atoms with van der Waals surface area (Å²) < 4.78 is 1.91. The van der Waals surface area contributed by atoms with Gasteiger partial charge in [0.15, 0.2) is 0 Å². The van der Waals surface area contributed by atoms with Crippen LogP contribution >= 0.6 is 11.3 Å². The number of rotatable bonds is 2. The van der Waals surface area contributed by atoms with Crippen LogP contribution in [0.5, 0.6) is 0 Å². The molecule has 0 atom stereocenters. The van der Waals surface area contributed by atoms with Crippen LogP contribution in [0.3, 0.4) is 0 Å². The van der Waals surface area contributed by atoms with Crippen molar-refractivity contribution >= 4 is 17.0 Å². The van der Waals surface area contributed by atoms with Crippen molar-refractivity contribution in [2.75, 3.05) is 5.73 Å². The fourth-order valence-corrected chi connectivity index (χ4v) is 3.47. The molecule has 0 amide bonds. The number of thiophene rings is 1. The molecule has 0 radical (unpaired) electrons. The van der Waals surface area contributed by atoms with Crippen LogP contribution in [0.4, 0.5) is 5.69 Å². The van der Waals surface area contributed by atoms with Crippen molar-refractivity contribution in [3.8, 4) is 10.6 Å². The van der Waals surface area contributed by atoms with Crippen LogP contribution in [0.1, 0.15) is 31.7 Å². The van der Waals surface area contributed by atoms with Gasteiger partial charge < -0.3 is 10.3 Å². The molecule has 0 saturated heterocycles.